The molecule has 0 aliphatic carbocycles. The number of hydrogen-bond acceptors (Lipinski definition) is 5. The van der Waals surface area contributed by atoms with E-state index in [0.29, 0.717) is 0 Å². The molecule has 0 spiro atoms. The summed E-state index contributed by atoms with van der Waals surface area (Å²) in [7, 11) is 0. The van der Waals surface area contributed by atoms with Crippen LogP contribution in [0.3, 0.4) is 0 Å². The SMILES string of the molecule is N#Cc1cc2c(cc1[N+](=O)[O-])=NC(=O)C(=O)N=2.[NaH].[NaH]. The second-order valence-electron chi connectivity index (χ2n) is 3.06. The summed E-state index contributed by atoms with van der Waals surface area (Å²) in [5.41, 5.74) is -0.720. The second kappa shape index (κ2) is 7.00. The summed E-state index contributed by atoms with van der Waals surface area (Å²) in [6.07, 6.45) is 0. The first kappa shape index (κ1) is 18.0. The summed E-state index contributed by atoms with van der Waals surface area (Å²) in [6.45, 7) is 0. The molecule has 1 aromatic carbocycles. The van der Waals surface area contributed by atoms with Gasteiger partial charge in [0.15, 0.2) is 0 Å². The molecule has 0 radical (unpaired) electrons. The topological polar surface area (TPSA) is 126 Å². The van der Waals surface area contributed by atoms with Gasteiger partial charge in [-0.05, 0) is 6.07 Å². The van der Waals surface area contributed by atoms with E-state index in [2.05, 4.69) is 9.98 Å². The van der Waals surface area contributed by atoms with Gasteiger partial charge in [-0.25, -0.2) is 9.98 Å². The van der Waals surface area contributed by atoms with E-state index in [-0.39, 0.29) is 75.4 Å². The molecular formula is C9H4N4Na2O4. The molecule has 10 heteroatoms. The molecule has 0 N–H and O–H groups in total. The molecule has 2 amide bonds. The molecular weight excluding hydrogens is 274 g/mol. The Hall–Kier alpha value is -0.950. The summed E-state index contributed by atoms with van der Waals surface area (Å²) in [5.74, 6) is -2.15. The summed E-state index contributed by atoms with van der Waals surface area (Å²) >= 11 is 0. The molecule has 2 rings (SSSR count). The molecule has 0 saturated carbocycles. The number of carbonyl (C=O) groups excluding carboxylic acids is 2. The van der Waals surface area contributed by atoms with Crippen molar-refractivity contribution in [2.75, 3.05) is 0 Å². The van der Waals surface area contributed by atoms with Gasteiger partial charge in [0, 0.05) is 6.07 Å². The van der Waals surface area contributed by atoms with Crippen molar-refractivity contribution in [2.45, 2.75) is 0 Å². The molecule has 8 nitrogen and oxygen atoms in total. The van der Waals surface area contributed by atoms with E-state index in [0.717, 1.165) is 12.1 Å². The standard InChI is InChI=1S/C9H2N4O4.2Na.2H/c10-3-4-1-5-6(2-7(4)13(16)17)12-9(15)8(14)11-5;;;;/h1-2H;;;;. The van der Waals surface area contributed by atoms with Crippen LogP contribution in [0.25, 0.3) is 0 Å². The number of benzene rings is 1. The van der Waals surface area contributed by atoms with Crippen LogP contribution in [-0.4, -0.2) is 75.9 Å². The number of nitro groups is 1. The number of hydrogen-bond donors (Lipinski definition) is 0. The first-order valence-corrected chi connectivity index (χ1v) is 4.27. The Kier molecular flexibility index (Phi) is 6.65. The average molecular weight is 278 g/mol. The number of carbonyl (C=O) groups is 2. The molecule has 0 bridgehead atoms. The predicted octanol–water partition coefficient (Wildman–Crippen LogP) is -2.52. The van der Waals surface area contributed by atoms with Gasteiger partial charge in [-0.2, -0.15) is 5.26 Å². The van der Waals surface area contributed by atoms with Crippen LogP contribution in [0.15, 0.2) is 22.1 Å². The Morgan fingerprint density at radius 3 is 2.00 bits per heavy atom. The monoisotopic (exact) mass is 278 g/mol. The van der Waals surface area contributed by atoms with Crippen LogP contribution in [0.2, 0.25) is 0 Å². The summed E-state index contributed by atoms with van der Waals surface area (Å²) in [5, 5.41) is 19.3. The molecule has 86 valence electrons. The van der Waals surface area contributed by atoms with Gasteiger partial charge in [0.1, 0.15) is 17.0 Å². The van der Waals surface area contributed by atoms with Crippen molar-refractivity contribution >= 4 is 76.6 Å². The minimum atomic E-state index is -1.09. The molecule has 1 aliphatic rings. The van der Waals surface area contributed by atoms with Crippen molar-refractivity contribution < 1.29 is 14.5 Å². The third-order valence-corrected chi connectivity index (χ3v) is 2.04. The molecule has 0 atom stereocenters. The maximum absolute atomic E-state index is 10.9. The van der Waals surface area contributed by atoms with E-state index in [4.69, 9.17) is 5.26 Å². The first-order valence-electron chi connectivity index (χ1n) is 4.27. The van der Waals surface area contributed by atoms with Crippen LogP contribution >= 0.6 is 0 Å². The molecule has 0 unspecified atom stereocenters. The molecule has 0 aromatic heterocycles. The number of amides is 2. The number of fused-ring (bicyclic) bond motifs is 1. The van der Waals surface area contributed by atoms with Crippen molar-refractivity contribution in [3.05, 3.63) is 38.5 Å². The summed E-state index contributed by atoms with van der Waals surface area (Å²) < 4.78 is 0. The van der Waals surface area contributed by atoms with Crippen molar-refractivity contribution in [3.8, 4) is 6.07 Å². The van der Waals surface area contributed by atoms with Gasteiger partial charge in [-0.3, -0.25) is 19.7 Å². The van der Waals surface area contributed by atoms with E-state index in [9.17, 15) is 19.7 Å². The van der Waals surface area contributed by atoms with E-state index in [1.165, 1.54) is 0 Å². The van der Waals surface area contributed by atoms with Gasteiger partial charge >= 0.3 is 70.9 Å². The van der Waals surface area contributed by atoms with Crippen LogP contribution in [0, 0.1) is 21.4 Å². The van der Waals surface area contributed by atoms with Gasteiger partial charge in [0.25, 0.3) is 5.69 Å². The summed E-state index contributed by atoms with van der Waals surface area (Å²) in [4.78, 5) is 38.5. The zero-order chi connectivity index (χ0) is 12.6. The third-order valence-electron chi connectivity index (χ3n) is 2.04. The zero-order valence-electron chi connectivity index (χ0n) is 8.08. The fraction of sp³-hybridized carbons (Fsp3) is 0. The van der Waals surface area contributed by atoms with Crippen molar-refractivity contribution in [1.29, 1.82) is 5.26 Å². The van der Waals surface area contributed by atoms with Crippen molar-refractivity contribution in [3.63, 3.8) is 0 Å². The van der Waals surface area contributed by atoms with Crippen molar-refractivity contribution in [2.24, 2.45) is 9.98 Å². The van der Waals surface area contributed by atoms with Crippen LogP contribution in [0.5, 0.6) is 0 Å². The first-order chi connectivity index (χ1) is 8.02. The Labute approximate surface area is 150 Å². The number of nitriles is 1. The van der Waals surface area contributed by atoms with E-state index < -0.39 is 22.4 Å². The molecule has 19 heavy (non-hydrogen) atoms. The number of nitro benzene ring substituents is 1. The van der Waals surface area contributed by atoms with Gasteiger partial charge in [-0.15, -0.1) is 0 Å². The number of rotatable bonds is 1. The van der Waals surface area contributed by atoms with E-state index >= 15 is 0 Å². The normalized spacial score (nSPS) is 11.7. The van der Waals surface area contributed by atoms with Crippen LogP contribution in [0.4, 0.5) is 5.69 Å². The Morgan fingerprint density at radius 2 is 1.58 bits per heavy atom. The Morgan fingerprint density at radius 1 is 1.11 bits per heavy atom. The quantitative estimate of drug-likeness (QED) is 0.242. The van der Waals surface area contributed by atoms with Gasteiger partial charge in [0.05, 0.1) is 10.3 Å². The van der Waals surface area contributed by atoms with E-state index in [1.807, 2.05) is 0 Å². The predicted molar refractivity (Wildman–Crippen MR) is 64.4 cm³/mol. The van der Waals surface area contributed by atoms with Gasteiger partial charge < -0.3 is 0 Å². The van der Waals surface area contributed by atoms with Gasteiger partial charge in [0.2, 0.25) is 0 Å². The summed E-state index contributed by atoms with van der Waals surface area (Å²) in [6, 6.07) is 3.62. The zero-order valence-corrected chi connectivity index (χ0v) is 8.08. The Balaban J connectivity index is 0.00000162. The molecule has 0 saturated heterocycles. The second-order valence-corrected chi connectivity index (χ2v) is 3.06. The molecule has 0 fully saturated rings. The maximum atomic E-state index is 10.9. The van der Waals surface area contributed by atoms with E-state index in [1.54, 1.807) is 6.07 Å². The van der Waals surface area contributed by atoms with Crippen LogP contribution in [-0.2, 0) is 9.59 Å². The van der Waals surface area contributed by atoms with Crippen molar-refractivity contribution in [1.82, 2.24) is 0 Å². The molecule has 1 aromatic rings. The Bertz CT molecular complexity index is 738. The van der Waals surface area contributed by atoms with Crippen LogP contribution < -0.4 is 10.7 Å². The molecule has 1 heterocycles. The van der Waals surface area contributed by atoms with Crippen LogP contribution in [0.1, 0.15) is 5.56 Å². The third kappa shape index (κ3) is 3.54. The minimum absolute atomic E-state index is 0. The molecule has 1 aliphatic heterocycles. The average Bonchev–Trinajstić information content (AvgIpc) is 2.29. The fourth-order valence-corrected chi connectivity index (χ4v) is 1.30. The van der Waals surface area contributed by atoms with Gasteiger partial charge in [-0.1, -0.05) is 0 Å². The fourth-order valence-electron chi connectivity index (χ4n) is 1.30. The number of nitrogens with zero attached hydrogens (tertiary/aromatic N) is 4.